The topological polar surface area (TPSA) is 58.1 Å². The molecule has 1 saturated heterocycles. The summed E-state index contributed by atoms with van der Waals surface area (Å²) in [5.74, 6) is 0.974. The molecule has 142 valence electrons. The number of hydrogen-bond acceptors (Lipinski definition) is 4. The van der Waals surface area contributed by atoms with Crippen LogP contribution in [0.3, 0.4) is 0 Å². The van der Waals surface area contributed by atoms with Crippen molar-refractivity contribution in [3.8, 4) is 11.3 Å². The molecule has 0 aliphatic carbocycles. The van der Waals surface area contributed by atoms with Crippen molar-refractivity contribution in [1.82, 2.24) is 9.97 Å². The number of carbonyl (C=O) groups is 1. The van der Waals surface area contributed by atoms with Gasteiger partial charge in [0.15, 0.2) is 0 Å². The van der Waals surface area contributed by atoms with Crippen LogP contribution in [0.1, 0.15) is 12.8 Å². The van der Waals surface area contributed by atoms with Crippen LogP contribution in [0.25, 0.3) is 11.3 Å². The summed E-state index contributed by atoms with van der Waals surface area (Å²) in [4.78, 5) is 23.6. The average molecular weight is 393 g/mol. The van der Waals surface area contributed by atoms with Crippen molar-refractivity contribution in [3.63, 3.8) is 0 Å². The molecule has 2 heterocycles. The maximum Gasteiger partial charge on any atom is 0.227 e. The smallest absolute Gasteiger partial charge is 0.227 e. The van der Waals surface area contributed by atoms with E-state index < -0.39 is 0 Å². The second-order valence-corrected chi connectivity index (χ2v) is 7.32. The lowest BCUT2D eigenvalue weighted by atomic mass is 9.95. The zero-order valence-electron chi connectivity index (χ0n) is 15.4. The highest BCUT2D eigenvalue weighted by molar-refractivity contribution is 6.30. The number of nitrogens with zero attached hydrogens (tertiary/aromatic N) is 3. The summed E-state index contributed by atoms with van der Waals surface area (Å²) in [5.41, 5.74) is 2.76. The molecule has 4 rings (SSSR count). The van der Waals surface area contributed by atoms with Gasteiger partial charge in [0, 0.05) is 41.3 Å². The first-order valence-electron chi connectivity index (χ1n) is 9.38. The fourth-order valence-corrected chi connectivity index (χ4v) is 3.56. The number of rotatable bonds is 4. The third kappa shape index (κ3) is 4.31. The molecule has 1 aliphatic rings. The third-order valence-corrected chi connectivity index (χ3v) is 5.28. The van der Waals surface area contributed by atoms with Crippen molar-refractivity contribution in [2.24, 2.45) is 5.92 Å². The molecule has 1 fully saturated rings. The predicted molar refractivity (Wildman–Crippen MR) is 112 cm³/mol. The molecule has 0 atom stereocenters. The van der Waals surface area contributed by atoms with E-state index in [4.69, 9.17) is 11.6 Å². The van der Waals surface area contributed by atoms with Crippen molar-refractivity contribution in [3.05, 3.63) is 72.0 Å². The molecule has 3 aromatic rings. The lowest BCUT2D eigenvalue weighted by Gasteiger charge is -2.32. The molecular weight excluding hydrogens is 372 g/mol. The Labute approximate surface area is 169 Å². The number of amides is 1. The van der Waals surface area contributed by atoms with Crippen LogP contribution in [0, 0.1) is 5.92 Å². The van der Waals surface area contributed by atoms with Gasteiger partial charge in [-0.1, -0.05) is 41.9 Å². The summed E-state index contributed by atoms with van der Waals surface area (Å²) >= 11 is 5.89. The Kier molecular flexibility index (Phi) is 5.53. The van der Waals surface area contributed by atoms with Gasteiger partial charge in [0.25, 0.3) is 0 Å². The van der Waals surface area contributed by atoms with E-state index >= 15 is 0 Å². The molecule has 0 spiro atoms. The Balaban J connectivity index is 1.37. The molecule has 1 aliphatic heterocycles. The van der Waals surface area contributed by atoms with Gasteiger partial charge in [-0.25, -0.2) is 9.97 Å². The molecule has 1 N–H and O–H groups in total. The maximum atomic E-state index is 12.5. The SMILES string of the molecule is O=C(Nc1ccc(Cl)cc1)C1CCN(c2cc(-c3ccccc3)ncn2)CC1. The molecule has 0 radical (unpaired) electrons. The standard InChI is InChI=1S/C22H21ClN4O/c23-18-6-8-19(9-7-18)26-22(28)17-10-12-27(13-11-17)21-14-20(24-15-25-21)16-4-2-1-3-5-16/h1-9,14-15,17H,10-13H2,(H,26,28). The molecule has 1 amide bonds. The number of piperidine rings is 1. The number of hydrogen-bond donors (Lipinski definition) is 1. The fraction of sp³-hybridized carbons (Fsp3) is 0.227. The van der Waals surface area contributed by atoms with Gasteiger partial charge in [-0.3, -0.25) is 4.79 Å². The Morgan fingerprint density at radius 3 is 2.43 bits per heavy atom. The van der Waals surface area contributed by atoms with Crippen LogP contribution in [-0.4, -0.2) is 29.0 Å². The van der Waals surface area contributed by atoms with Gasteiger partial charge in [-0.2, -0.15) is 0 Å². The van der Waals surface area contributed by atoms with Crippen molar-refractivity contribution >= 4 is 29.0 Å². The van der Waals surface area contributed by atoms with Crippen LogP contribution in [0.4, 0.5) is 11.5 Å². The first-order valence-corrected chi connectivity index (χ1v) is 9.76. The van der Waals surface area contributed by atoms with Gasteiger partial charge in [0.1, 0.15) is 12.1 Å². The molecule has 1 aromatic heterocycles. The number of carbonyl (C=O) groups excluding carboxylic acids is 1. The lowest BCUT2D eigenvalue weighted by molar-refractivity contribution is -0.120. The molecule has 28 heavy (non-hydrogen) atoms. The molecule has 5 nitrogen and oxygen atoms in total. The Morgan fingerprint density at radius 1 is 1.00 bits per heavy atom. The first kappa shape index (κ1) is 18.4. The quantitative estimate of drug-likeness (QED) is 0.702. The predicted octanol–water partition coefficient (Wildman–Crippen LogP) is 4.65. The maximum absolute atomic E-state index is 12.5. The minimum absolute atomic E-state index is 0.00218. The second kappa shape index (κ2) is 8.40. The zero-order chi connectivity index (χ0) is 19.3. The van der Waals surface area contributed by atoms with Gasteiger partial charge in [-0.05, 0) is 37.1 Å². The number of aromatic nitrogens is 2. The molecule has 0 saturated carbocycles. The van der Waals surface area contributed by atoms with Crippen molar-refractivity contribution < 1.29 is 4.79 Å². The number of nitrogens with one attached hydrogen (secondary N) is 1. The van der Waals surface area contributed by atoms with Crippen molar-refractivity contribution in [1.29, 1.82) is 0 Å². The normalized spacial score (nSPS) is 14.7. The van der Waals surface area contributed by atoms with Crippen LogP contribution in [0.15, 0.2) is 67.0 Å². The molecule has 0 unspecified atom stereocenters. The third-order valence-electron chi connectivity index (χ3n) is 5.02. The Morgan fingerprint density at radius 2 is 1.71 bits per heavy atom. The van der Waals surface area contributed by atoms with E-state index in [1.54, 1.807) is 18.5 Å². The summed E-state index contributed by atoms with van der Waals surface area (Å²) in [6.45, 7) is 1.59. The van der Waals surface area contributed by atoms with Crippen LogP contribution < -0.4 is 10.2 Å². The highest BCUT2D eigenvalue weighted by Crippen LogP contribution is 2.26. The highest BCUT2D eigenvalue weighted by atomic mass is 35.5. The highest BCUT2D eigenvalue weighted by Gasteiger charge is 2.26. The molecule has 6 heteroatoms. The van der Waals surface area contributed by atoms with Gasteiger partial charge in [-0.15, -0.1) is 0 Å². The summed E-state index contributed by atoms with van der Waals surface area (Å²) in [5, 5.41) is 3.64. The first-order chi connectivity index (χ1) is 13.7. The number of halogens is 1. The zero-order valence-corrected chi connectivity index (χ0v) is 16.1. The van der Waals surface area contributed by atoms with Crippen molar-refractivity contribution in [2.75, 3.05) is 23.3 Å². The number of anilines is 2. The summed E-state index contributed by atoms with van der Waals surface area (Å²) in [7, 11) is 0. The van der Waals surface area contributed by atoms with Crippen LogP contribution >= 0.6 is 11.6 Å². The Bertz CT molecular complexity index is 938. The van der Waals surface area contributed by atoms with Gasteiger partial charge < -0.3 is 10.2 Å². The summed E-state index contributed by atoms with van der Waals surface area (Å²) in [6.07, 6.45) is 3.20. The van der Waals surface area contributed by atoms with Crippen LogP contribution in [-0.2, 0) is 4.79 Å². The van der Waals surface area contributed by atoms with Crippen LogP contribution in [0.5, 0.6) is 0 Å². The van der Waals surface area contributed by atoms with E-state index in [9.17, 15) is 4.79 Å². The van der Waals surface area contributed by atoms with E-state index in [-0.39, 0.29) is 11.8 Å². The van der Waals surface area contributed by atoms with Gasteiger partial charge in [0.2, 0.25) is 5.91 Å². The summed E-state index contributed by atoms with van der Waals surface area (Å²) in [6, 6.07) is 19.3. The van der Waals surface area contributed by atoms with E-state index in [0.29, 0.717) is 5.02 Å². The monoisotopic (exact) mass is 392 g/mol. The number of benzene rings is 2. The van der Waals surface area contributed by atoms with E-state index in [1.807, 2.05) is 48.5 Å². The van der Waals surface area contributed by atoms with E-state index in [1.165, 1.54) is 0 Å². The van der Waals surface area contributed by atoms with Crippen molar-refractivity contribution in [2.45, 2.75) is 12.8 Å². The average Bonchev–Trinajstić information content (AvgIpc) is 2.76. The molecular formula is C22H21ClN4O. The van der Waals surface area contributed by atoms with Crippen LogP contribution in [0.2, 0.25) is 5.02 Å². The minimum Gasteiger partial charge on any atom is -0.356 e. The van der Waals surface area contributed by atoms with Gasteiger partial charge in [0.05, 0.1) is 5.69 Å². The lowest BCUT2D eigenvalue weighted by Crippen LogP contribution is -2.38. The minimum atomic E-state index is 0.00218. The molecule has 2 aromatic carbocycles. The van der Waals surface area contributed by atoms with E-state index in [2.05, 4.69) is 20.2 Å². The molecule has 0 bridgehead atoms. The fourth-order valence-electron chi connectivity index (χ4n) is 3.44. The Hall–Kier alpha value is -2.92. The second-order valence-electron chi connectivity index (χ2n) is 6.88. The van der Waals surface area contributed by atoms with Gasteiger partial charge >= 0.3 is 0 Å². The largest absolute Gasteiger partial charge is 0.356 e. The van der Waals surface area contributed by atoms with E-state index in [0.717, 1.165) is 48.7 Å². The summed E-state index contributed by atoms with van der Waals surface area (Å²) < 4.78 is 0.